The first-order valence-corrected chi connectivity index (χ1v) is 13.5. The minimum atomic E-state index is -5.08. The highest BCUT2D eigenvalue weighted by Gasteiger charge is 2.49. The second-order valence-corrected chi connectivity index (χ2v) is 10.2. The molecule has 238 valence electrons. The summed E-state index contributed by atoms with van der Waals surface area (Å²) in [7, 11) is 0. The number of aromatic nitrogens is 2. The quantitative estimate of drug-likeness (QED) is 0.220. The Morgan fingerprint density at radius 1 is 0.978 bits per heavy atom. The van der Waals surface area contributed by atoms with Crippen molar-refractivity contribution < 1.29 is 47.0 Å². The van der Waals surface area contributed by atoms with Gasteiger partial charge in [0.15, 0.2) is 5.41 Å². The molecule has 12 nitrogen and oxygen atoms in total. The van der Waals surface area contributed by atoms with Crippen LogP contribution in [0.3, 0.4) is 0 Å². The van der Waals surface area contributed by atoms with Gasteiger partial charge in [0.1, 0.15) is 12.4 Å². The van der Waals surface area contributed by atoms with Crippen LogP contribution in [0, 0.1) is 6.92 Å². The van der Waals surface area contributed by atoms with Gasteiger partial charge in [-0.3, -0.25) is 35.0 Å². The lowest BCUT2D eigenvalue weighted by molar-refractivity contribution is -0.192. The summed E-state index contributed by atoms with van der Waals surface area (Å²) in [6.07, 6.45) is -3.64. The molecule has 3 heterocycles. The summed E-state index contributed by atoms with van der Waals surface area (Å²) < 4.78 is 37.7. The van der Waals surface area contributed by atoms with Crippen LogP contribution in [0.1, 0.15) is 39.8 Å². The van der Waals surface area contributed by atoms with Gasteiger partial charge in [-0.2, -0.15) is 13.2 Å². The number of aryl methyl sites for hydroxylation is 1. The summed E-state index contributed by atoms with van der Waals surface area (Å²) in [6.45, 7) is 3.83. The van der Waals surface area contributed by atoms with Gasteiger partial charge in [-0.15, -0.1) is 0 Å². The number of para-hydroxylation sites is 1. The smallest absolute Gasteiger partial charge is 0.489 e. The number of pyridine rings is 2. The molecule has 5 amide bonds. The van der Waals surface area contributed by atoms with Crippen molar-refractivity contribution in [1.29, 1.82) is 0 Å². The fraction of sp³-hybridized carbons (Fsp3) is 0.194. The van der Waals surface area contributed by atoms with Crippen molar-refractivity contribution in [3.05, 3.63) is 101 Å². The summed E-state index contributed by atoms with van der Waals surface area (Å²) in [5.74, 6) is -3.97. The molecule has 5 rings (SSSR count). The number of rotatable bonds is 7. The Kier molecular flexibility index (Phi) is 9.64. The second-order valence-electron chi connectivity index (χ2n) is 10.2. The molecule has 46 heavy (non-hydrogen) atoms. The minimum absolute atomic E-state index is 0.138. The number of urea groups is 1. The van der Waals surface area contributed by atoms with E-state index in [1.807, 2.05) is 37.3 Å². The highest BCUT2D eigenvalue weighted by Crippen LogP contribution is 2.26. The van der Waals surface area contributed by atoms with Crippen molar-refractivity contribution >= 4 is 40.6 Å². The van der Waals surface area contributed by atoms with Crippen LogP contribution in [-0.4, -0.2) is 51.0 Å². The number of barbiturate groups is 1. The van der Waals surface area contributed by atoms with Gasteiger partial charge in [0.25, 0.3) is 5.91 Å². The maximum atomic E-state index is 12.7. The fourth-order valence-electron chi connectivity index (χ4n) is 4.34. The van der Waals surface area contributed by atoms with Crippen LogP contribution >= 0.6 is 0 Å². The number of carboxylic acid groups (broad SMARTS) is 1. The number of benzene rings is 2. The molecule has 15 heteroatoms. The van der Waals surface area contributed by atoms with Gasteiger partial charge >= 0.3 is 18.2 Å². The number of alkyl halides is 3. The zero-order valence-corrected chi connectivity index (χ0v) is 24.3. The van der Waals surface area contributed by atoms with Crippen LogP contribution in [0.5, 0.6) is 5.75 Å². The van der Waals surface area contributed by atoms with E-state index in [-0.39, 0.29) is 18.1 Å². The van der Waals surface area contributed by atoms with Crippen molar-refractivity contribution in [1.82, 2.24) is 25.9 Å². The van der Waals surface area contributed by atoms with E-state index in [9.17, 15) is 32.3 Å². The van der Waals surface area contributed by atoms with E-state index in [1.165, 1.54) is 13.1 Å². The Labute approximate surface area is 259 Å². The summed E-state index contributed by atoms with van der Waals surface area (Å²) in [5, 5.41) is 15.2. The number of hydrogen-bond donors (Lipinski definition) is 4. The SMILES string of the molecule is Cc1cc(COc2ccc(C(=O)NCc3ccnc(C4(C)C(=O)NC(=O)NC4=O)c3)cc2)c2ccccc2n1.O=C(O)C(F)(F)F. The Balaban J connectivity index is 0.000000617. The predicted octanol–water partition coefficient (Wildman–Crippen LogP) is 3.70. The van der Waals surface area contributed by atoms with Crippen molar-refractivity contribution in [2.24, 2.45) is 0 Å². The first kappa shape index (κ1) is 33.0. The highest BCUT2D eigenvalue weighted by molar-refractivity contribution is 6.22. The predicted molar refractivity (Wildman–Crippen MR) is 155 cm³/mol. The van der Waals surface area contributed by atoms with Crippen LogP contribution in [0.4, 0.5) is 18.0 Å². The molecule has 2 aromatic carbocycles. The fourth-order valence-corrected chi connectivity index (χ4v) is 4.34. The lowest BCUT2D eigenvalue weighted by atomic mass is 9.82. The number of carbonyl (C=O) groups is 5. The third kappa shape index (κ3) is 7.61. The van der Waals surface area contributed by atoms with Crippen LogP contribution < -0.4 is 20.7 Å². The maximum absolute atomic E-state index is 12.7. The topological polar surface area (TPSA) is 177 Å². The van der Waals surface area contributed by atoms with Gasteiger partial charge in [-0.1, -0.05) is 18.2 Å². The number of hydrogen-bond acceptors (Lipinski definition) is 8. The number of carboxylic acids is 1. The van der Waals surface area contributed by atoms with Crippen molar-refractivity contribution in [3.63, 3.8) is 0 Å². The van der Waals surface area contributed by atoms with E-state index in [0.29, 0.717) is 23.5 Å². The minimum Gasteiger partial charge on any atom is -0.489 e. The Morgan fingerprint density at radius 2 is 1.61 bits per heavy atom. The van der Waals surface area contributed by atoms with Gasteiger partial charge in [0.2, 0.25) is 11.8 Å². The molecule has 2 aromatic heterocycles. The molecular formula is C31H26F3N5O7. The molecule has 0 bridgehead atoms. The van der Waals surface area contributed by atoms with Gasteiger partial charge in [0, 0.05) is 34.9 Å². The molecule has 1 aliphatic heterocycles. The number of fused-ring (bicyclic) bond motifs is 1. The number of aliphatic carboxylic acids is 1. The normalized spacial score (nSPS) is 14.0. The van der Waals surface area contributed by atoms with Crippen LogP contribution in [-0.2, 0) is 33.0 Å². The molecule has 0 spiro atoms. The van der Waals surface area contributed by atoms with Gasteiger partial charge < -0.3 is 15.2 Å². The summed E-state index contributed by atoms with van der Waals surface area (Å²) in [6, 6.07) is 19.1. The average Bonchev–Trinajstić information content (AvgIpc) is 3.01. The molecule has 0 unspecified atom stereocenters. The molecule has 4 aromatic rings. The Bertz CT molecular complexity index is 1810. The van der Waals surface area contributed by atoms with Gasteiger partial charge in [0.05, 0.1) is 11.2 Å². The van der Waals surface area contributed by atoms with E-state index < -0.39 is 35.4 Å². The van der Waals surface area contributed by atoms with Crippen LogP contribution in [0.15, 0.2) is 72.9 Å². The second kappa shape index (κ2) is 13.4. The van der Waals surface area contributed by atoms with E-state index in [1.54, 1.807) is 36.4 Å². The zero-order valence-electron chi connectivity index (χ0n) is 24.3. The third-order valence-corrected chi connectivity index (χ3v) is 6.84. The summed E-state index contributed by atoms with van der Waals surface area (Å²) in [4.78, 5) is 66.6. The van der Waals surface area contributed by atoms with Crippen LogP contribution in [0.25, 0.3) is 10.9 Å². The maximum Gasteiger partial charge on any atom is 0.490 e. The molecule has 1 saturated heterocycles. The summed E-state index contributed by atoms with van der Waals surface area (Å²) in [5.41, 5.74) is 2.42. The largest absolute Gasteiger partial charge is 0.490 e. The molecular weight excluding hydrogens is 611 g/mol. The summed E-state index contributed by atoms with van der Waals surface area (Å²) >= 11 is 0. The number of amides is 5. The van der Waals surface area contributed by atoms with Crippen molar-refractivity contribution in [2.75, 3.05) is 0 Å². The number of nitrogens with zero attached hydrogens (tertiary/aromatic N) is 2. The average molecular weight is 638 g/mol. The first-order chi connectivity index (χ1) is 21.7. The molecule has 0 radical (unpaired) electrons. The standard InChI is InChI=1S/C29H25N5O5.C2HF3O2/c1-17-13-20(22-5-3-4-6-23(22)32-17)16-39-21-9-7-19(8-10-21)25(35)31-15-18-11-12-30-24(14-18)29(2)26(36)33-28(38)34-27(29)37;3-2(4,5)1(6)7/h3-14H,15-16H2,1-2H3,(H,31,35)(H2,33,34,36,37,38);(H,6,7). The van der Waals surface area contributed by atoms with Crippen molar-refractivity contribution in [2.45, 2.75) is 38.6 Å². The van der Waals surface area contributed by atoms with E-state index in [0.717, 1.165) is 22.2 Å². The van der Waals surface area contributed by atoms with Crippen LogP contribution in [0.2, 0.25) is 0 Å². The molecule has 4 N–H and O–H groups in total. The monoisotopic (exact) mass is 637 g/mol. The molecule has 0 aliphatic carbocycles. The molecule has 1 fully saturated rings. The zero-order chi connectivity index (χ0) is 33.6. The number of halogens is 3. The number of imide groups is 2. The van der Waals surface area contributed by atoms with E-state index in [2.05, 4.69) is 25.9 Å². The number of nitrogens with one attached hydrogen (secondary N) is 3. The third-order valence-electron chi connectivity index (χ3n) is 6.84. The number of carbonyl (C=O) groups excluding carboxylic acids is 4. The first-order valence-electron chi connectivity index (χ1n) is 13.5. The molecule has 1 aliphatic rings. The molecule has 0 saturated carbocycles. The Hall–Kier alpha value is -5.86. The van der Waals surface area contributed by atoms with Gasteiger partial charge in [-0.05, 0) is 67.9 Å². The highest BCUT2D eigenvalue weighted by atomic mass is 19.4. The van der Waals surface area contributed by atoms with E-state index >= 15 is 0 Å². The Morgan fingerprint density at radius 3 is 2.24 bits per heavy atom. The lowest BCUT2D eigenvalue weighted by Gasteiger charge is -2.30. The number of ether oxygens (including phenoxy) is 1. The van der Waals surface area contributed by atoms with E-state index in [4.69, 9.17) is 14.6 Å². The molecule has 0 atom stereocenters. The lowest BCUT2D eigenvalue weighted by Crippen LogP contribution is -2.63. The van der Waals surface area contributed by atoms with Crippen molar-refractivity contribution in [3.8, 4) is 5.75 Å². The van der Waals surface area contributed by atoms with Gasteiger partial charge in [-0.25, -0.2) is 9.59 Å².